The highest BCUT2D eigenvalue weighted by atomic mass is 16.1. The zero-order valence-corrected chi connectivity index (χ0v) is 16.6. The highest BCUT2D eigenvalue weighted by Crippen LogP contribution is 2.46. The van der Waals surface area contributed by atoms with Crippen LogP contribution in [-0.4, -0.2) is 20.8 Å². The van der Waals surface area contributed by atoms with E-state index in [9.17, 15) is 4.79 Å². The number of unbranched alkanes of at least 4 members (excludes halogenated alkanes) is 3. The number of aryl methyl sites for hydroxylation is 1. The molecule has 4 nitrogen and oxygen atoms in total. The first-order chi connectivity index (χ1) is 11.2. The normalized spacial score (nSPS) is 13.9. The van der Waals surface area contributed by atoms with Crippen molar-refractivity contribution < 1.29 is 4.79 Å². The van der Waals surface area contributed by atoms with E-state index in [0.717, 1.165) is 32.2 Å². The Kier molecular flexibility index (Phi) is 8.11. The molecule has 138 valence electrons. The largest absolute Gasteiger partial charge is 0.300 e. The van der Waals surface area contributed by atoms with Crippen molar-refractivity contribution in [3.63, 3.8) is 0 Å². The van der Waals surface area contributed by atoms with E-state index in [4.69, 9.17) is 0 Å². The average molecular weight is 336 g/mol. The van der Waals surface area contributed by atoms with Crippen LogP contribution in [0.25, 0.3) is 0 Å². The molecule has 0 N–H and O–H groups in total. The van der Waals surface area contributed by atoms with Crippen LogP contribution in [0.4, 0.5) is 0 Å². The maximum Gasteiger partial charge on any atom is 0.133 e. The number of carbonyl (C=O) groups is 1. The minimum atomic E-state index is 0.0659. The van der Waals surface area contributed by atoms with Gasteiger partial charge in [-0.3, -0.25) is 9.48 Å². The van der Waals surface area contributed by atoms with Crippen LogP contribution in [0.3, 0.4) is 0 Å². The average Bonchev–Trinajstić information content (AvgIpc) is 2.94. The number of aromatic nitrogens is 3. The molecule has 0 aromatic carbocycles. The second-order valence-electron chi connectivity index (χ2n) is 8.60. The van der Waals surface area contributed by atoms with Gasteiger partial charge in [0.2, 0.25) is 0 Å². The van der Waals surface area contributed by atoms with Crippen LogP contribution < -0.4 is 0 Å². The van der Waals surface area contributed by atoms with Crippen LogP contribution >= 0.6 is 0 Å². The van der Waals surface area contributed by atoms with E-state index < -0.39 is 0 Å². The second kappa shape index (κ2) is 9.33. The van der Waals surface area contributed by atoms with Crippen molar-refractivity contribution in [2.45, 2.75) is 93.0 Å². The molecule has 0 aliphatic carbocycles. The molecule has 0 fully saturated rings. The molecule has 1 atom stereocenters. The number of hydrogen-bond acceptors (Lipinski definition) is 3. The van der Waals surface area contributed by atoms with Crippen LogP contribution in [0.2, 0.25) is 0 Å². The summed E-state index contributed by atoms with van der Waals surface area (Å²) < 4.78 is 1.89. The van der Waals surface area contributed by atoms with Gasteiger partial charge in [-0.25, -0.2) is 0 Å². The van der Waals surface area contributed by atoms with Gasteiger partial charge in [0, 0.05) is 18.7 Å². The van der Waals surface area contributed by atoms with Crippen LogP contribution in [0.5, 0.6) is 0 Å². The Bertz CT molecular complexity index is 477. The van der Waals surface area contributed by atoms with Crippen molar-refractivity contribution in [2.75, 3.05) is 0 Å². The zero-order chi connectivity index (χ0) is 18.2. The maximum atomic E-state index is 12.4. The lowest BCUT2D eigenvalue weighted by Gasteiger charge is -2.43. The zero-order valence-electron chi connectivity index (χ0n) is 16.6. The topological polar surface area (TPSA) is 47.8 Å². The predicted octanol–water partition coefficient (Wildman–Crippen LogP) is 5.29. The van der Waals surface area contributed by atoms with E-state index in [-0.39, 0.29) is 16.7 Å². The van der Waals surface area contributed by atoms with Gasteiger partial charge >= 0.3 is 0 Å². The molecule has 1 aromatic heterocycles. The molecule has 0 aliphatic rings. The van der Waals surface area contributed by atoms with Crippen LogP contribution in [0.15, 0.2) is 12.4 Å². The summed E-state index contributed by atoms with van der Waals surface area (Å²) in [6.45, 7) is 14.0. The molecule has 0 saturated heterocycles. The molecule has 1 rings (SSSR count). The third-order valence-electron chi connectivity index (χ3n) is 5.29. The summed E-state index contributed by atoms with van der Waals surface area (Å²) in [7, 11) is 0. The fourth-order valence-electron chi connectivity index (χ4n) is 4.65. The van der Waals surface area contributed by atoms with Gasteiger partial charge in [-0.2, -0.15) is 0 Å². The fourth-order valence-corrected chi connectivity index (χ4v) is 4.65. The van der Waals surface area contributed by atoms with Crippen LogP contribution in [0.1, 0.15) is 86.5 Å². The monoisotopic (exact) mass is 335 g/mol. The van der Waals surface area contributed by atoms with Crippen molar-refractivity contribution in [3.05, 3.63) is 12.4 Å². The van der Waals surface area contributed by atoms with Gasteiger partial charge in [-0.1, -0.05) is 65.5 Å². The van der Waals surface area contributed by atoms with E-state index in [1.54, 1.807) is 13.1 Å². The van der Waals surface area contributed by atoms with E-state index in [0.29, 0.717) is 5.78 Å². The lowest BCUT2D eigenvalue weighted by Crippen LogP contribution is -2.41. The van der Waals surface area contributed by atoms with Crippen molar-refractivity contribution in [1.29, 1.82) is 0 Å². The minimum absolute atomic E-state index is 0.0659. The Balaban J connectivity index is 2.43. The van der Waals surface area contributed by atoms with E-state index in [1.165, 1.54) is 19.3 Å². The molecule has 0 radical (unpaired) electrons. The van der Waals surface area contributed by atoms with E-state index >= 15 is 0 Å². The number of Topliss-reactive ketones (excluding diaryl/α,β-unsaturated/α-hetero) is 1. The molecule has 24 heavy (non-hydrogen) atoms. The second-order valence-corrected chi connectivity index (χ2v) is 8.60. The smallest absolute Gasteiger partial charge is 0.133 e. The maximum absolute atomic E-state index is 12.4. The van der Waals surface area contributed by atoms with Gasteiger partial charge in [-0.15, -0.1) is 5.10 Å². The SMILES string of the molecule is CCCC(C)(C)C(C(C)=O)C(C)(C)CCCCCCn1ccnn1. The molecule has 0 aliphatic heterocycles. The summed E-state index contributed by atoms with van der Waals surface area (Å²) in [4.78, 5) is 12.4. The van der Waals surface area contributed by atoms with Crippen molar-refractivity contribution in [2.24, 2.45) is 16.7 Å². The first-order valence-electron chi connectivity index (χ1n) is 9.55. The van der Waals surface area contributed by atoms with Gasteiger partial charge in [-0.05, 0) is 37.0 Å². The molecule has 0 spiro atoms. The number of ketones is 1. The van der Waals surface area contributed by atoms with Crippen molar-refractivity contribution in [3.8, 4) is 0 Å². The molecule has 0 amide bonds. The Labute approximate surface area is 148 Å². The Morgan fingerprint density at radius 3 is 2.21 bits per heavy atom. The quantitative estimate of drug-likeness (QED) is 0.488. The fraction of sp³-hybridized carbons (Fsp3) is 0.850. The van der Waals surface area contributed by atoms with Gasteiger partial charge in [0.25, 0.3) is 0 Å². The lowest BCUT2D eigenvalue weighted by molar-refractivity contribution is -0.130. The highest BCUT2D eigenvalue weighted by molar-refractivity contribution is 5.79. The van der Waals surface area contributed by atoms with Crippen LogP contribution in [0, 0.1) is 16.7 Å². The molecular weight excluding hydrogens is 298 g/mol. The number of carbonyl (C=O) groups excluding carboxylic acids is 1. The first kappa shape index (κ1) is 20.9. The van der Waals surface area contributed by atoms with Gasteiger partial charge in [0.15, 0.2) is 0 Å². The van der Waals surface area contributed by atoms with Gasteiger partial charge in [0.1, 0.15) is 5.78 Å². The summed E-state index contributed by atoms with van der Waals surface area (Å²) in [5.41, 5.74) is 0.146. The molecule has 1 aromatic rings. The van der Waals surface area contributed by atoms with E-state index in [1.807, 2.05) is 10.9 Å². The third-order valence-corrected chi connectivity index (χ3v) is 5.29. The summed E-state index contributed by atoms with van der Waals surface area (Å²) in [5.74, 6) is 0.490. The Morgan fingerprint density at radius 1 is 1.04 bits per heavy atom. The summed E-state index contributed by atoms with van der Waals surface area (Å²) in [5, 5.41) is 7.81. The Hall–Kier alpha value is -1.19. The third kappa shape index (κ3) is 6.37. The molecule has 0 bridgehead atoms. The molecule has 1 heterocycles. The number of hydrogen-bond donors (Lipinski definition) is 0. The van der Waals surface area contributed by atoms with Gasteiger partial charge in [0.05, 0.1) is 6.20 Å². The number of rotatable bonds is 12. The molecule has 0 saturated carbocycles. The minimum Gasteiger partial charge on any atom is -0.300 e. The molecule has 1 unspecified atom stereocenters. The standard InChI is InChI=1S/C20H37N3O/c1-7-12-19(3,4)18(17(2)24)20(5,6)13-10-8-9-11-15-23-16-14-21-22-23/h14,16,18H,7-13,15H2,1-6H3. The van der Waals surface area contributed by atoms with Crippen LogP contribution in [-0.2, 0) is 11.3 Å². The highest BCUT2D eigenvalue weighted by Gasteiger charge is 2.42. The predicted molar refractivity (Wildman–Crippen MR) is 99.7 cm³/mol. The summed E-state index contributed by atoms with van der Waals surface area (Å²) in [6.07, 6.45) is 11.8. The van der Waals surface area contributed by atoms with Crippen molar-refractivity contribution in [1.82, 2.24) is 15.0 Å². The molecular formula is C20H37N3O. The Morgan fingerprint density at radius 2 is 1.67 bits per heavy atom. The first-order valence-corrected chi connectivity index (χ1v) is 9.55. The summed E-state index contributed by atoms with van der Waals surface area (Å²) >= 11 is 0. The van der Waals surface area contributed by atoms with Crippen molar-refractivity contribution >= 4 is 5.78 Å². The summed E-state index contributed by atoms with van der Waals surface area (Å²) in [6, 6.07) is 0. The molecule has 4 heteroatoms. The van der Waals surface area contributed by atoms with E-state index in [2.05, 4.69) is 44.9 Å². The number of nitrogens with zero attached hydrogens (tertiary/aromatic N) is 3. The van der Waals surface area contributed by atoms with Gasteiger partial charge < -0.3 is 0 Å². The lowest BCUT2D eigenvalue weighted by atomic mass is 9.60.